The van der Waals surface area contributed by atoms with Gasteiger partial charge in [-0.1, -0.05) is 32.9 Å². The van der Waals surface area contributed by atoms with E-state index in [2.05, 4.69) is 59.9 Å². The van der Waals surface area contributed by atoms with Crippen molar-refractivity contribution in [2.45, 2.75) is 27.2 Å². The molecule has 1 N–H and O–H groups in total. The van der Waals surface area contributed by atoms with Gasteiger partial charge in [0.1, 0.15) is 4.70 Å². The number of aromatic nitrogens is 1. The zero-order chi connectivity index (χ0) is 14.5. The highest BCUT2D eigenvalue weighted by Crippen LogP contribution is 2.36. The summed E-state index contributed by atoms with van der Waals surface area (Å²) in [6.07, 6.45) is 2.76. The molecule has 104 valence electrons. The van der Waals surface area contributed by atoms with Crippen LogP contribution in [-0.4, -0.2) is 4.98 Å². The first-order chi connectivity index (χ1) is 9.35. The van der Waals surface area contributed by atoms with Crippen LogP contribution in [0.25, 0.3) is 20.2 Å². The fourth-order valence-corrected chi connectivity index (χ4v) is 4.37. The maximum Gasteiger partial charge on any atom is 0.266 e. The maximum atomic E-state index is 11.9. The van der Waals surface area contributed by atoms with Crippen molar-refractivity contribution in [3.63, 3.8) is 0 Å². The van der Waals surface area contributed by atoms with Gasteiger partial charge in [-0.2, -0.15) is 0 Å². The first-order valence-corrected chi connectivity index (χ1v) is 8.18. The maximum absolute atomic E-state index is 11.9. The molecule has 0 aliphatic heterocycles. The van der Waals surface area contributed by atoms with Gasteiger partial charge in [0, 0.05) is 26.1 Å². The smallest absolute Gasteiger partial charge is 0.266 e. The van der Waals surface area contributed by atoms with Gasteiger partial charge in [-0.25, -0.2) is 0 Å². The third kappa shape index (κ3) is 2.42. The van der Waals surface area contributed by atoms with Gasteiger partial charge in [-0.15, -0.1) is 11.3 Å². The molecule has 0 spiro atoms. The lowest BCUT2D eigenvalue weighted by atomic mass is 9.88. The van der Waals surface area contributed by atoms with Crippen LogP contribution in [0.15, 0.2) is 33.7 Å². The van der Waals surface area contributed by atoms with Crippen LogP contribution in [0.1, 0.15) is 26.3 Å². The van der Waals surface area contributed by atoms with Gasteiger partial charge < -0.3 is 4.98 Å². The second kappa shape index (κ2) is 4.71. The number of benzene rings is 1. The van der Waals surface area contributed by atoms with Crippen LogP contribution in [0, 0.1) is 5.41 Å². The largest absolute Gasteiger partial charge is 0.327 e. The Morgan fingerprint density at radius 3 is 2.75 bits per heavy atom. The van der Waals surface area contributed by atoms with Crippen LogP contribution >= 0.6 is 27.3 Å². The predicted molar refractivity (Wildman–Crippen MR) is 90.8 cm³/mol. The minimum Gasteiger partial charge on any atom is -0.327 e. The number of nitrogens with one attached hydrogen (secondary N) is 1. The minimum atomic E-state index is -0.0122. The van der Waals surface area contributed by atoms with E-state index in [0.717, 1.165) is 26.4 Å². The molecule has 3 aromatic rings. The number of rotatable bonds is 1. The Hall–Kier alpha value is -1.13. The first-order valence-electron chi connectivity index (χ1n) is 6.57. The molecule has 2 nitrogen and oxygen atoms in total. The molecule has 0 aliphatic carbocycles. The van der Waals surface area contributed by atoms with Gasteiger partial charge in [0.2, 0.25) is 0 Å². The van der Waals surface area contributed by atoms with Crippen LogP contribution in [0.3, 0.4) is 0 Å². The number of H-pyrrole nitrogens is 1. The van der Waals surface area contributed by atoms with Crippen molar-refractivity contribution in [3.05, 3.63) is 44.8 Å². The molecule has 20 heavy (non-hydrogen) atoms. The van der Waals surface area contributed by atoms with Crippen molar-refractivity contribution in [2.75, 3.05) is 0 Å². The number of halogens is 1. The highest BCUT2D eigenvalue weighted by atomic mass is 79.9. The summed E-state index contributed by atoms with van der Waals surface area (Å²) >= 11 is 5.10. The van der Waals surface area contributed by atoms with E-state index in [0.29, 0.717) is 0 Å². The molecule has 0 fully saturated rings. The summed E-state index contributed by atoms with van der Waals surface area (Å²) in [6.45, 7) is 6.72. The Morgan fingerprint density at radius 2 is 2.05 bits per heavy atom. The van der Waals surface area contributed by atoms with Gasteiger partial charge in [0.25, 0.3) is 5.56 Å². The molecule has 1 aromatic carbocycles. The van der Waals surface area contributed by atoms with Gasteiger partial charge in [0.05, 0.1) is 0 Å². The molecule has 0 saturated heterocycles. The molecule has 3 rings (SSSR count). The van der Waals surface area contributed by atoms with Crippen LogP contribution in [0.5, 0.6) is 0 Å². The van der Waals surface area contributed by atoms with Gasteiger partial charge in [-0.05, 0) is 39.4 Å². The average Bonchev–Trinajstić information content (AvgIpc) is 2.71. The van der Waals surface area contributed by atoms with Crippen LogP contribution < -0.4 is 5.56 Å². The second-order valence-corrected chi connectivity index (χ2v) is 8.25. The van der Waals surface area contributed by atoms with E-state index < -0.39 is 0 Å². The molecule has 2 heterocycles. The number of fused-ring (bicyclic) bond motifs is 3. The second-order valence-electron chi connectivity index (χ2n) is 6.34. The van der Waals surface area contributed by atoms with E-state index in [9.17, 15) is 4.79 Å². The molecule has 0 unspecified atom stereocenters. The van der Waals surface area contributed by atoms with Crippen LogP contribution in [0.4, 0.5) is 0 Å². The van der Waals surface area contributed by atoms with E-state index in [1.807, 2.05) is 0 Å². The lowest BCUT2D eigenvalue weighted by Gasteiger charge is -2.17. The summed E-state index contributed by atoms with van der Waals surface area (Å²) in [4.78, 5) is 14.7. The number of hydrogen-bond acceptors (Lipinski definition) is 2. The summed E-state index contributed by atoms with van der Waals surface area (Å²) in [6, 6.07) is 6.53. The summed E-state index contributed by atoms with van der Waals surface area (Å²) in [5.74, 6) is 0. The number of pyridine rings is 1. The molecule has 4 heteroatoms. The average molecular weight is 350 g/mol. The summed E-state index contributed by atoms with van der Waals surface area (Å²) < 4.78 is 2.92. The molecule has 0 aliphatic rings. The monoisotopic (exact) mass is 349 g/mol. The number of hydrogen-bond donors (Lipinski definition) is 1. The van der Waals surface area contributed by atoms with Crippen molar-refractivity contribution in [1.29, 1.82) is 0 Å². The van der Waals surface area contributed by atoms with Crippen molar-refractivity contribution >= 4 is 47.4 Å². The zero-order valence-corrected chi connectivity index (χ0v) is 14.1. The Kier molecular flexibility index (Phi) is 3.26. The molecule has 0 radical (unpaired) electrons. The lowest BCUT2D eigenvalue weighted by Crippen LogP contribution is -2.08. The van der Waals surface area contributed by atoms with E-state index in [-0.39, 0.29) is 11.0 Å². The Labute approximate surface area is 130 Å². The fourth-order valence-electron chi connectivity index (χ4n) is 2.53. The predicted octanol–water partition coefficient (Wildman–Crippen LogP) is 5.09. The third-order valence-electron chi connectivity index (χ3n) is 3.26. The van der Waals surface area contributed by atoms with E-state index in [4.69, 9.17) is 0 Å². The van der Waals surface area contributed by atoms with Crippen molar-refractivity contribution in [1.82, 2.24) is 4.98 Å². The quantitative estimate of drug-likeness (QED) is 0.651. The highest BCUT2D eigenvalue weighted by molar-refractivity contribution is 9.10. The Balaban J connectivity index is 2.27. The SMILES string of the molecule is CC(C)(C)Cc1ccc2c(c1)sc1c(=O)[nH]cc(Br)c12. The van der Waals surface area contributed by atoms with Crippen molar-refractivity contribution in [3.8, 4) is 0 Å². The van der Waals surface area contributed by atoms with Crippen LogP contribution in [0.2, 0.25) is 0 Å². The highest BCUT2D eigenvalue weighted by Gasteiger charge is 2.14. The standard InChI is InChI=1S/C16H16BrNOS/c1-16(2,3)7-9-4-5-10-12(6-9)20-14-13(10)11(17)8-18-15(14)19/h4-6,8H,7H2,1-3H3,(H,18,19). The number of thiophene rings is 1. The summed E-state index contributed by atoms with van der Waals surface area (Å²) in [5.41, 5.74) is 1.58. The van der Waals surface area contributed by atoms with E-state index >= 15 is 0 Å². The van der Waals surface area contributed by atoms with Crippen LogP contribution in [-0.2, 0) is 6.42 Å². The first kappa shape index (κ1) is 13.8. The van der Waals surface area contributed by atoms with Gasteiger partial charge in [-0.3, -0.25) is 4.79 Å². The van der Waals surface area contributed by atoms with Crippen molar-refractivity contribution in [2.24, 2.45) is 5.41 Å². The molecule has 2 aromatic heterocycles. The Morgan fingerprint density at radius 1 is 1.30 bits per heavy atom. The minimum absolute atomic E-state index is 0.0122. The molecule has 0 saturated carbocycles. The third-order valence-corrected chi connectivity index (χ3v) is 5.04. The Bertz CT molecular complexity index is 854. The molecular formula is C16H16BrNOS. The van der Waals surface area contributed by atoms with E-state index in [1.165, 1.54) is 10.3 Å². The number of aromatic amines is 1. The summed E-state index contributed by atoms with van der Waals surface area (Å²) in [7, 11) is 0. The molecular weight excluding hydrogens is 334 g/mol. The zero-order valence-electron chi connectivity index (χ0n) is 11.7. The normalized spacial score (nSPS) is 12.4. The molecule has 0 bridgehead atoms. The topological polar surface area (TPSA) is 32.9 Å². The molecule has 0 atom stereocenters. The van der Waals surface area contributed by atoms with Gasteiger partial charge >= 0.3 is 0 Å². The van der Waals surface area contributed by atoms with Crippen molar-refractivity contribution < 1.29 is 0 Å². The fraction of sp³-hybridized carbons (Fsp3) is 0.312. The lowest BCUT2D eigenvalue weighted by molar-refractivity contribution is 0.411. The van der Waals surface area contributed by atoms with E-state index in [1.54, 1.807) is 17.5 Å². The van der Waals surface area contributed by atoms with Gasteiger partial charge in [0.15, 0.2) is 0 Å². The molecule has 0 amide bonds. The summed E-state index contributed by atoms with van der Waals surface area (Å²) in [5, 5.41) is 2.18.